The van der Waals surface area contributed by atoms with Gasteiger partial charge < -0.3 is 10.4 Å². The molecular weight excluding hydrogens is 218 g/mol. The van der Waals surface area contributed by atoms with Crippen LogP contribution in [0.2, 0.25) is 0 Å². The van der Waals surface area contributed by atoms with Gasteiger partial charge in [0.15, 0.2) is 0 Å². The summed E-state index contributed by atoms with van der Waals surface area (Å²) in [5.74, 6) is 0.304. The molecule has 1 aliphatic rings. The molecule has 0 bridgehead atoms. The van der Waals surface area contributed by atoms with E-state index in [1.165, 1.54) is 0 Å². The highest BCUT2D eigenvalue weighted by Crippen LogP contribution is 2.15. The Morgan fingerprint density at radius 3 is 2.94 bits per heavy atom. The number of nitrogens with zero attached hydrogens (tertiary/aromatic N) is 2. The van der Waals surface area contributed by atoms with Crippen molar-refractivity contribution < 1.29 is 9.90 Å². The first-order valence-corrected chi connectivity index (χ1v) is 5.81. The minimum Gasteiger partial charge on any atom is -0.396 e. The van der Waals surface area contributed by atoms with Crippen LogP contribution in [0.3, 0.4) is 0 Å². The predicted octanol–water partition coefficient (Wildman–Crippen LogP) is 0.334. The van der Waals surface area contributed by atoms with Crippen molar-refractivity contribution in [3.8, 4) is 0 Å². The highest BCUT2D eigenvalue weighted by Gasteiger charge is 2.23. The molecule has 2 N–H and O–H groups in total. The van der Waals surface area contributed by atoms with Crippen molar-refractivity contribution in [2.45, 2.75) is 6.42 Å². The van der Waals surface area contributed by atoms with Gasteiger partial charge in [-0.05, 0) is 31.0 Å². The number of aliphatic hydroxyl groups is 1. The van der Waals surface area contributed by atoms with Gasteiger partial charge in [0.1, 0.15) is 0 Å². The molecule has 0 spiro atoms. The minimum atomic E-state index is -0.0187. The Bertz CT molecular complexity index is 369. The number of carbonyl (C=O) groups is 1. The number of anilines is 1. The standard InChI is InChI=1S/C12H17N3O2/c16-9-10-3-6-15(7-10)8-12(17)14-11-1-4-13-5-2-11/h1-2,4-5,10,16H,3,6-9H2,(H,13,14,17)/t10-/m0/s1. The van der Waals surface area contributed by atoms with Gasteiger partial charge in [0.25, 0.3) is 0 Å². The molecule has 5 nitrogen and oxygen atoms in total. The number of aromatic nitrogens is 1. The van der Waals surface area contributed by atoms with Crippen molar-refractivity contribution in [3.63, 3.8) is 0 Å². The van der Waals surface area contributed by atoms with Gasteiger partial charge in [-0.25, -0.2) is 0 Å². The molecule has 92 valence electrons. The smallest absolute Gasteiger partial charge is 0.238 e. The van der Waals surface area contributed by atoms with Crippen molar-refractivity contribution in [3.05, 3.63) is 24.5 Å². The number of carbonyl (C=O) groups excluding carboxylic acids is 1. The third-order valence-corrected chi connectivity index (χ3v) is 2.96. The van der Waals surface area contributed by atoms with E-state index in [0.29, 0.717) is 12.5 Å². The summed E-state index contributed by atoms with van der Waals surface area (Å²) in [5, 5.41) is 11.8. The maximum absolute atomic E-state index is 11.7. The molecule has 2 heterocycles. The van der Waals surface area contributed by atoms with Crippen LogP contribution >= 0.6 is 0 Å². The number of hydrogen-bond acceptors (Lipinski definition) is 4. The molecule has 0 unspecified atom stereocenters. The summed E-state index contributed by atoms with van der Waals surface area (Å²) in [4.78, 5) is 17.7. The van der Waals surface area contributed by atoms with Crippen molar-refractivity contribution in [2.75, 3.05) is 31.6 Å². The summed E-state index contributed by atoms with van der Waals surface area (Å²) in [6, 6.07) is 3.52. The molecule has 5 heteroatoms. The Morgan fingerprint density at radius 2 is 2.29 bits per heavy atom. The normalized spacial score (nSPS) is 20.4. The number of likely N-dealkylation sites (tertiary alicyclic amines) is 1. The first-order valence-electron chi connectivity index (χ1n) is 5.81. The number of hydrogen-bond donors (Lipinski definition) is 2. The van der Waals surface area contributed by atoms with Crippen LogP contribution in [0.15, 0.2) is 24.5 Å². The molecule has 0 saturated carbocycles. The van der Waals surface area contributed by atoms with E-state index in [4.69, 9.17) is 5.11 Å². The number of rotatable bonds is 4. The van der Waals surface area contributed by atoms with Crippen molar-refractivity contribution in [1.29, 1.82) is 0 Å². The lowest BCUT2D eigenvalue weighted by Crippen LogP contribution is -2.31. The largest absolute Gasteiger partial charge is 0.396 e. The highest BCUT2D eigenvalue weighted by molar-refractivity contribution is 5.92. The van der Waals surface area contributed by atoms with Crippen LogP contribution in [0.4, 0.5) is 5.69 Å². The molecular formula is C12H17N3O2. The van der Waals surface area contributed by atoms with Gasteiger partial charge in [0.05, 0.1) is 6.54 Å². The van der Waals surface area contributed by atoms with E-state index >= 15 is 0 Å². The molecule has 1 aromatic rings. The first kappa shape index (κ1) is 12.0. The van der Waals surface area contributed by atoms with Crippen molar-refractivity contribution in [1.82, 2.24) is 9.88 Å². The van der Waals surface area contributed by atoms with Gasteiger partial charge in [-0.1, -0.05) is 0 Å². The third-order valence-electron chi connectivity index (χ3n) is 2.96. The predicted molar refractivity (Wildman–Crippen MR) is 64.5 cm³/mol. The van der Waals surface area contributed by atoms with Crippen LogP contribution < -0.4 is 5.32 Å². The summed E-state index contributed by atoms with van der Waals surface area (Å²) in [6.07, 6.45) is 4.26. The molecule has 1 fully saturated rings. The zero-order valence-corrected chi connectivity index (χ0v) is 9.67. The minimum absolute atomic E-state index is 0.0187. The SMILES string of the molecule is O=C(CN1CC[C@H](CO)C1)Nc1ccncc1. The van der Waals surface area contributed by atoms with Crippen LogP contribution in [0.1, 0.15) is 6.42 Å². The van der Waals surface area contributed by atoms with Gasteiger partial charge >= 0.3 is 0 Å². The average Bonchev–Trinajstić information content (AvgIpc) is 2.78. The van der Waals surface area contributed by atoms with E-state index in [0.717, 1.165) is 25.2 Å². The van der Waals surface area contributed by atoms with Crippen LogP contribution in [0.25, 0.3) is 0 Å². The summed E-state index contributed by atoms with van der Waals surface area (Å²) in [7, 11) is 0. The lowest BCUT2D eigenvalue weighted by atomic mass is 10.1. The number of pyridine rings is 1. The molecule has 0 radical (unpaired) electrons. The number of aliphatic hydroxyl groups excluding tert-OH is 1. The maximum Gasteiger partial charge on any atom is 0.238 e. The number of amides is 1. The van der Waals surface area contributed by atoms with Gasteiger partial charge in [0.2, 0.25) is 5.91 Å². The second-order valence-corrected chi connectivity index (χ2v) is 4.36. The monoisotopic (exact) mass is 235 g/mol. The Kier molecular flexibility index (Phi) is 4.06. The van der Waals surface area contributed by atoms with E-state index in [-0.39, 0.29) is 12.5 Å². The van der Waals surface area contributed by atoms with Crippen LogP contribution in [0.5, 0.6) is 0 Å². The van der Waals surface area contributed by atoms with Gasteiger partial charge in [-0.3, -0.25) is 14.7 Å². The lowest BCUT2D eigenvalue weighted by Gasteiger charge is -2.14. The molecule has 1 atom stereocenters. The van der Waals surface area contributed by atoms with Crippen molar-refractivity contribution >= 4 is 11.6 Å². The summed E-state index contributed by atoms with van der Waals surface area (Å²) >= 11 is 0. The lowest BCUT2D eigenvalue weighted by molar-refractivity contribution is -0.117. The van der Waals surface area contributed by atoms with Gasteiger partial charge in [0, 0.05) is 31.2 Å². The van der Waals surface area contributed by atoms with Crippen LogP contribution in [-0.2, 0) is 4.79 Å². The zero-order chi connectivity index (χ0) is 12.1. The second-order valence-electron chi connectivity index (χ2n) is 4.36. The summed E-state index contributed by atoms with van der Waals surface area (Å²) < 4.78 is 0. The van der Waals surface area contributed by atoms with E-state index in [9.17, 15) is 4.79 Å². The molecule has 17 heavy (non-hydrogen) atoms. The quantitative estimate of drug-likeness (QED) is 0.789. The zero-order valence-electron chi connectivity index (χ0n) is 9.67. The fourth-order valence-electron chi connectivity index (χ4n) is 2.04. The Balaban J connectivity index is 1.78. The van der Waals surface area contributed by atoms with Gasteiger partial charge in [-0.2, -0.15) is 0 Å². The topological polar surface area (TPSA) is 65.5 Å². The molecule has 1 saturated heterocycles. The fraction of sp³-hybridized carbons (Fsp3) is 0.500. The fourth-order valence-corrected chi connectivity index (χ4v) is 2.04. The number of nitrogens with one attached hydrogen (secondary N) is 1. The molecule has 2 rings (SSSR count). The maximum atomic E-state index is 11.7. The van der Waals surface area contributed by atoms with Gasteiger partial charge in [-0.15, -0.1) is 0 Å². The molecule has 0 aromatic carbocycles. The van der Waals surface area contributed by atoms with E-state index in [1.807, 2.05) is 0 Å². The molecule has 1 aliphatic heterocycles. The Labute approximate surface area is 100 Å². The van der Waals surface area contributed by atoms with Crippen LogP contribution in [-0.4, -0.2) is 47.1 Å². The Morgan fingerprint density at radius 1 is 1.53 bits per heavy atom. The van der Waals surface area contributed by atoms with Crippen molar-refractivity contribution in [2.24, 2.45) is 5.92 Å². The Hall–Kier alpha value is -1.46. The van der Waals surface area contributed by atoms with E-state index < -0.39 is 0 Å². The summed E-state index contributed by atoms with van der Waals surface area (Å²) in [5.41, 5.74) is 0.767. The second kappa shape index (κ2) is 5.75. The summed E-state index contributed by atoms with van der Waals surface area (Å²) in [6.45, 7) is 2.29. The van der Waals surface area contributed by atoms with Crippen LogP contribution in [0, 0.1) is 5.92 Å². The van der Waals surface area contributed by atoms with E-state index in [2.05, 4.69) is 15.2 Å². The molecule has 0 aliphatic carbocycles. The highest BCUT2D eigenvalue weighted by atomic mass is 16.3. The average molecular weight is 235 g/mol. The third kappa shape index (κ3) is 3.51. The molecule has 1 amide bonds. The first-order chi connectivity index (χ1) is 8.28. The molecule has 1 aromatic heterocycles. The van der Waals surface area contributed by atoms with E-state index in [1.54, 1.807) is 24.5 Å².